The fourth-order valence-electron chi connectivity index (χ4n) is 2.55. The van der Waals surface area contributed by atoms with Crippen LogP contribution in [0, 0.1) is 0 Å². The maximum atomic E-state index is 11.5. The monoisotopic (exact) mass is 260 g/mol. The summed E-state index contributed by atoms with van der Waals surface area (Å²) < 4.78 is 0. The Morgan fingerprint density at radius 1 is 1.32 bits per heavy atom. The highest BCUT2D eigenvalue weighted by molar-refractivity contribution is 5.84. The average Bonchev–Trinajstić information content (AvgIpc) is 2.82. The smallest absolute Gasteiger partial charge is 0.321 e. The van der Waals surface area contributed by atoms with Crippen molar-refractivity contribution < 1.29 is 9.90 Å². The van der Waals surface area contributed by atoms with Gasteiger partial charge in [0.2, 0.25) is 0 Å². The van der Waals surface area contributed by atoms with Crippen LogP contribution in [-0.2, 0) is 11.2 Å². The molecule has 19 heavy (non-hydrogen) atoms. The number of aromatic amines is 1. The zero-order valence-electron chi connectivity index (χ0n) is 11.4. The van der Waals surface area contributed by atoms with Gasteiger partial charge in [0.05, 0.1) is 0 Å². The number of benzene rings is 1. The third kappa shape index (κ3) is 2.79. The molecule has 0 amide bonds. The van der Waals surface area contributed by atoms with E-state index in [2.05, 4.69) is 4.98 Å². The molecule has 0 spiro atoms. The minimum atomic E-state index is -0.756. The fraction of sp³-hybridized carbons (Fsp3) is 0.400. The Morgan fingerprint density at radius 3 is 2.63 bits per heavy atom. The SMILES string of the molecule is CCN(CC)C(Cc1c[nH]c2ccccc12)C(=O)O. The molecule has 0 radical (unpaired) electrons. The summed E-state index contributed by atoms with van der Waals surface area (Å²) in [5, 5.41) is 10.5. The summed E-state index contributed by atoms with van der Waals surface area (Å²) >= 11 is 0. The number of aliphatic carboxylic acids is 1. The van der Waals surface area contributed by atoms with Crippen molar-refractivity contribution >= 4 is 16.9 Å². The molecule has 1 aromatic heterocycles. The van der Waals surface area contributed by atoms with Gasteiger partial charge in [-0.05, 0) is 24.7 Å². The number of fused-ring (bicyclic) bond motifs is 1. The molecule has 0 bridgehead atoms. The Labute approximate surface area is 113 Å². The molecule has 0 aliphatic heterocycles. The van der Waals surface area contributed by atoms with Crippen LogP contribution >= 0.6 is 0 Å². The molecule has 2 aromatic rings. The normalized spacial score (nSPS) is 13.0. The molecule has 0 aliphatic carbocycles. The predicted octanol–water partition coefficient (Wildman–Crippen LogP) is 2.51. The van der Waals surface area contributed by atoms with Gasteiger partial charge in [0.1, 0.15) is 6.04 Å². The Kier molecular flexibility index (Phi) is 4.22. The lowest BCUT2D eigenvalue weighted by Gasteiger charge is -2.25. The molecule has 1 unspecified atom stereocenters. The second-order valence-electron chi connectivity index (χ2n) is 4.64. The molecule has 4 heteroatoms. The lowest BCUT2D eigenvalue weighted by Crippen LogP contribution is -2.42. The van der Waals surface area contributed by atoms with Crippen molar-refractivity contribution in [2.24, 2.45) is 0 Å². The van der Waals surface area contributed by atoms with Crippen molar-refractivity contribution in [3.63, 3.8) is 0 Å². The lowest BCUT2D eigenvalue weighted by molar-refractivity contribution is -0.143. The van der Waals surface area contributed by atoms with Crippen LogP contribution in [0.25, 0.3) is 10.9 Å². The summed E-state index contributed by atoms with van der Waals surface area (Å²) in [5.41, 5.74) is 2.12. The molecule has 1 heterocycles. The van der Waals surface area contributed by atoms with Crippen LogP contribution < -0.4 is 0 Å². The van der Waals surface area contributed by atoms with Gasteiger partial charge in [0.15, 0.2) is 0 Å². The summed E-state index contributed by atoms with van der Waals surface area (Å²) in [6, 6.07) is 7.53. The zero-order valence-corrected chi connectivity index (χ0v) is 11.4. The second-order valence-corrected chi connectivity index (χ2v) is 4.64. The van der Waals surface area contributed by atoms with Gasteiger partial charge in [-0.2, -0.15) is 0 Å². The predicted molar refractivity (Wildman–Crippen MR) is 76.3 cm³/mol. The third-order valence-electron chi connectivity index (χ3n) is 3.63. The number of aromatic nitrogens is 1. The molecule has 0 aliphatic rings. The van der Waals surface area contributed by atoms with Crippen LogP contribution in [0.2, 0.25) is 0 Å². The Balaban J connectivity index is 2.28. The summed E-state index contributed by atoms with van der Waals surface area (Å²) in [6.07, 6.45) is 2.45. The Bertz CT molecular complexity index is 558. The summed E-state index contributed by atoms with van der Waals surface area (Å²) in [7, 11) is 0. The van der Waals surface area contributed by atoms with E-state index in [0.717, 1.165) is 29.6 Å². The van der Waals surface area contributed by atoms with Gasteiger partial charge in [0.25, 0.3) is 0 Å². The molecule has 1 aromatic carbocycles. The Morgan fingerprint density at radius 2 is 2.00 bits per heavy atom. The van der Waals surface area contributed by atoms with Crippen molar-refractivity contribution in [3.8, 4) is 0 Å². The van der Waals surface area contributed by atoms with E-state index in [-0.39, 0.29) is 0 Å². The zero-order chi connectivity index (χ0) is 13.8. The number of likely N-dealkylation sites (N-methyl/N-ethyl adjacent to an activating group) is 1. The van der Waals surface area contributed by atoms with Gasteiger partial charge in [-0.3, -0.25) is 9.69 Å². The number of hydrogen-bond acceptors (Lipinski definition) is 2. The van der Waals surface area contributed by atoms with Gasteiger partial charge in [0, 0.05) is 23.5 Å². The standard InChI is InChI=1S/C15H20N2O2/c1-3-17(4-2)14(15(18)19)9-11-10-16-13-8-6-5-7-12(11)13/h5-8,10,14,16H,3-4,9H2,1-2H3,(H,18,19). The number of para-hydroxylation sites is 1. The first-order valence-corrected chi connectivity index (χ1v) is 6.69. The summed E-state index contributed by atoms with van der Waals surface area (Å²) in [6.45, 7) is 5.48. The number of carboxylic acid groups (broad SMARTS) is 1. The van der Waals surface area contributed by atoms with Crippen molar-refractivity contribution in [1.29, 1.82) is 0 Å². The van der Waals surface area contributed by atoms with E-state index in [9.17, 15) is 9.90 Å². The molecular formula is C15H20N2O2. The highest BCUT2D eigenvalue weighted by Crippen LogP contribution is 2.20. The first-order valence-electron chi connectivity index (χ1n) is 6.69. The number of carbonyl (C=O) groups is 1. The average molecular weight is 260 g/mol. The maximum Gasteiger partial charge on any atom is 0.321 e. The van der Waals surface area contributed by atoms with E-state index in [0.29, 0.717) is 6.42 Å². The lowest BCUT2D eigenvalue weighted by atomic mass is 10.0. The van der Waals surface area contributed by atoms with Crippen LogP contribution in [0.1, 0.15) is 19.4 Å². The van der Waals surface area contributed by atoms with E-state index in [1.54, 1.807) is 0 Å². The van der Waals surface area contributed by atoms with E-state index >= 15 is 0 Å². The number of carboxylic acids is 1. The molecule has 0 saturated heterocycles. The van der Waals surface area contributed by atoms with Gasteiger partial charge in [-0.25, -0.2) is 0 Å². The van der Waals surface area contributed by atoms with E-state index in [4.69, 9.17) is 0 Å². The molecular weight excluding hydrogens is 240 g/mol. The van der Waals surface area contributed by atoms with Gasteiger partial charge < -0.3 is 10.1 Å². The van der Waals surface area contributed by atoms with Crippen molar-refractivity contribution in [3.05, 3.63) is 36.0 Å². The van der Waals surface area contributed by atoms with Gasteiger partial charge >= 0.3 is 5.97 Å². The summed E-state index contributed by atoms with van der Waals surface area (Å²) in [4.78, 5) is 16.6. The maximum absolute atomic E-state index is 11.5. The quantitative estimate of drug-likeness (QED) is 0.839. The number of nitrogens with zero attached hydrogens (tertiary/aromatic N) is 1. The van der Waals surface area contributed by atoms with Crippen LogP contribution in [0.3, 0.4) is 0 Å². The molecule has 102 valence electrons. The highest BCUT2D eigenvalue weighted by atomic mass is 16.4. The van der Waals surface area contributed by atoms with Crippen LogP contribution in [0.4, 0.5) is 0 Å². The number of nitrogens with one attached hydrogen (secondary N) is 1. The Hall–Kier alpha value is -1.81. The minimum absolute atomic E-state index is 0.464. The number of hydrogen-bond donors (Lipinski definition) is 2. The molecule has 4 nitrogen and oxygen atoms in total. The second kappa shape index (κ2) is 5.89. The van der Waals surface area contributed by atoms with E-state index < -0.39 is 12.0 Å². The van der Waals surface area contributed by atoms with Crippen molar-refractivity contribution in [2.75, 3.05) is 13.1 Å². The molecule has 0 saturated carbocycles. The topological polar surface area (TPSA) is 56.3 Å². The molecule has 0 fully saturated rings. The van der Waals surface area contributed by atoms with Crippen LogP contribution in [-0.4, -0.2) is 40.1 Å². The third-order valence-corrected chi connectivity index (χ3v) is 3.63. The van der Waals surface area contributed by atoms with Gasteiger partial charge in [-0.15, -0.1) is 0 Å². The van der Waals surface area contributed by atoms with Crippen molar-refractivity contribution in [1.82, 2.24) is 9.88 Å². The van der Waals surface area contributed by atoms with Gasteiger partial charge in [-0.1, -0.05) is 32.0 Å². The fourth-order valence-corrected chi connectivity index (χ4v) is 2.55. The molecule has 2 rings (SSSR count). The van der Waals surface area contributed by atoms with Crippen LogP contribution in [0.15, 0.2) is 30.5 Å². The highest BCUT2D eigenvalue weighted by Gasteiger charge is 2.24. The summed E-state index contributed by atoms with van der Waals surface area (Å²) in [5.74, 6) is -0.756. The number of rotatable bonds is 6. The van der Waals surface area contributed by atoms with Crippen LogP contribution in [0.5, 0.6) is 0 Å². The molecule has 2 N–H and O–H groups in total. The van der Waals surface area contributed by atoms with E-state index in [1.807, 2.05) is 49.2 Å². The molecule has 1 atom stereocenters. The first kappa shape index (κ1) is 13.6. The largest absolute Gasteiger partial charge is 0.480 e. The van der Waals surface area contributed by atoms with Crippen molar-refractivity contribution in [2.45, 2.75) is 26.3 Å². The number of H-pyrrole nitrogens is 1. The minimum Gasteiger partial charge on any atom is -0.480 e. The first-order chi connectivity index (χ1) is 9.17. The van der Waals surface area contributed by atoms with E-state index in [1.165, 1.54) is 0 Å².